The minimum absolute atomic E-state index is 0.265. The summed E-state index contributed by atoms with van der Waals surface area (Å²) >= 11 is 7.93. The van der Waals surface area contributed by atoms with Crippen LogP contribution in [-0.2, 0) is 9.59 Å². The van der Waals surface area contributed by atoms with E-state index in [1.165, 1.54) is 16.7 Å². The van der Waals surface area contributed by atoms with Crippen LogP contribution in [0, 0.1) is 0 Å². The minimum Gasteiger partial charge on any atom is -0.480 e. The van der Waals surface area contributed by atoms with Crippen LogP contribution in [0.4, 0.5) is 0 Å². The summed E-state index contributed by atoms with van der Waals surface area (Å²) in [6, 6.07) is 4.56. The molecule has 0 saturated carbocycles. The highest BCUT2D eigenvalue weighted by Crippen LogP contribution is 2.35. The van der Waals surface area contributed by atoms with Crippen molar-refractivity contribution in [2.45, 2.75) is 12.5 Å². The molecule has 1 amide bonds. The number of amides is 1. The number of thioether (sulfide) groups is 2. The third-order valence-electron chi connectivity index (χ3n) is 3.83. The number of fused-ring (bicyclic) bond motifs is 1. The van der Waals surface area contributed by atoms with E-state index in [9.17, 15) is 14.7 Å². The lowest BCUT2D eigenvalue weighted by atomic mass is 10.1. The molecule has 1 N–H and O–H groups in total. The SMILES string of the molecule is CSCCC(C(=O)O)N1C(=O)/C(=C/c2cccc3nccnc23)SC1=S. The number of aliphatic carboxylic acids is 1. The first-order valence-corrected chi connectivity index (χ1v) is 10.3. The third-order valence-corrected chi connectivity index (χ3v) is 5.81. The fourth-order valence-corrected chi connectivity index (χ4v) is 4.42. The van der Waals surface area contributed by atoms with Crippen molar-refractivity contribution >= 4 is 69.0 Å². The number of rotatable bonds is 6. The van der Waals surface area contributed by atoms with Gasteiger partial charge in [0.15, 0.2) is 0 Å². The zero-order valence-corrected chi connectivity index (χ0v) is 16.2. The van der Waals surface area contributed by atoms with Gasteiger partial charge in [-0.05, 0) is 30.6 Å². The van der Waals surface area contributed by atoms with Crippen molar-refractivity contribution in [3.63, 3.8) is 0 Å². The van der Waals surface area contributed by atoms with E-state index in [-0.39, 0.29) is 10.2 Å². The lowest BCUT2D eigenvalue weighted by molar-refractivity contribution is -0.145. The van der Waals surface area contributed by atoms with Crippen LogP contribution in [0.3, 0.4) is 0 Å². The molecule has 2 heterocycles. The molecule has 0 spiro atoms. The van der Waals surface area contributed by atoms with Gasteiger partial charge < -0.3 is 5.11 Å². The molecule has 134 valence electrons. The Bertz CT molecular complexity index is 911. The fraction of sp³-hybridized carbons (Fsp3) is 0.235. The van der Waals surface area contributed by atoms with Crippen molar-refractivity contribution < 1.29 is 14.7 Å². The highest BCUT2D eigenvalue weighted by atomic mass is 32.2. The van der Waals surface area contributed by atoms with Crippen LogP contribution >= 0.6 is 35.7 Å². The Kier molecular flexibility index (Phi) is 5.90. The van der Waals surface area contributed by atoms with Gasteiger partial charge in [0.2, 0.25) is 0 Å². The molecule has 1 unspecified atom stereocenters. The molecular formula is C17H15N3O3S3. The Hall–Kier alpha value is -1.97. The third kappa shape index (κ3) is 3.74. The summed E-state index contributed by atoms with van der Waals surface area (Å²) in [4.78, 5) is 34.6. The van der Waals surface area contributed by atoms with Gasteiger partial charge in [0.05, 0.1) is 15.9 Å². The lowest BCUT2D eigenvalue weighted by Crippen LogP contribution is -2.44. The molecule has 1 aromatic carbocycles. The van der Waals surface area contributed by atoms with Gasteiger partial charge >= 0.3 is 5.97 Å². The van der Waals surface area contributed by atoms with Crippen molar-refractivity contribution in [2.75, 3.05) is 12.0 Å². The number of carbonyl (C=O) groups is 2. The number of aromatic nitrogens is 2. The second-order valence-corrected chi connectivity index (χ2v) is 8.12. The van der Waals surface area contributed by atoms with Gasteiger partial charge in [0.25, 0.3) is 5.91 Å². The smallest absolute Gasteiger partial charge is 0.326 e. The number of carboxylic acids is 1. The Labute approximate surface area is 164 Å². The number of hydrogen-bond donors (Lipinski definition) is 1. The van der Waals surface area contributed by atoms with Crippen LogP contribution in [-0.4, -0.2) is 54.2 Å². The summed E-state index contributed by atoms with van der Waals surface area (Å²) in [7, 11) is 0. The van der Waals surface area contributed by atoms with Gasteiger partial charge in [0.1, 0.15) is 10.4 Å². The minimum atomic E-state index is -1.05. The van der Waals surface area contributed by atoms with Crippen LogP contribution in [0.15, 0.2) is 35.5 Å². The number of carboxylic acid groups (broad SMARTS) is 1. The van der Waals surface area contributed by atoms with Crippen molar-refractivity contribution in [2.24, 2.45) is 0 Å². The molecular weight excluding hydrogens is 390 g/mol. The molecule has 2 aromatic rings. The van der Waals surface area contributed by atoms with Crippen molar-refractivity contribution in [1.82, 2.24) is 14.9 Å². The number of thiocarbonyl (C=S) groups is 1. The summed E-state index contributed by atoms with van der Waals surface area (Å²) in [5.74, 6) is -0.798. The standard InChI is InChI=1S/C17H15N3O3S3/c1-25-8-5-12(16(22)23)20-15(21)13(26-17(20)24)9-10-3-2-4-11-14(10)19-7-6-18-11/h2-4,6-7,9,12H,5,8H2,1H3,(H,22,23)/b13-9-. The summed E-state index contributed by atoms with van der Waals surface area (Å²) in [6.07, 6.45) is 7.13. The maximum Gasteiger partial charge on any atom is 0.326 e. The summed E-state index contributed by atoms with van der Waals surface area (Å²) in [6.45, 7) is 0. The van der Waals surface area contributed by atoms with Gasteiger partial charge in [-0.25, -0.2) is 4.79 Å². The summed E-state index contributed by atoms with van der Waals surface area (Å²) < 4.78 is 0.265. The zero-order valence-electron chi connectivity index (χ0n) is 13.8. The lowest BCUT2D eigenvalue weighted by Gasteiger charge is -2.22. The molecule has 1 fully saturated rings. The average molecular weight is 406 g/mol. The number of carbonyl (C=O) groups excluding carboxylic acids is 1. The highest BCUT2D eigenvalue weighted by Gasteiger charge is 2.40. The zero-order chi connectivity index (χ0) is 18.7. The predicted molar refractivity (Wildman–Crippen MR) is 109 cm³/mol. The van der Waals surface area contributed by atoms with E-state index >= 15 is 0 Å². The van der Waals surface area contributed by atoms with Crippen LogP contribution in [0.5, 0.6) is 0 Å². The quantitative estimate of drug-likeness (QED) is 0.580. The van der Waals surface area contributed by atoms with Crippen molar-refractivity contribution in [3.05, 3.63) is 41.1 Å². The summed E-state index contributed by atoms with van der Waals surface area (Å²) in [5.41, 5.74) is 2.14. The van der Waals surface area contributed by atoms with E-state index in [0.717, 1.165) is 22.8 Å². The van der Waals surface area contributed by atoms with Gasteiger partial charge in [-0.2, -0.15) is 11.8 Å². The predicted octanol–water partition coefficient (Wildman–Crippen LogP) is 3.04. The molecule has 0 aliphatic carbocycles. The van der Waals surface area contributed by atoms with Crippen molar-refractivity contribution in [1.29, 1.82) is 0 Å². The molecule has 1 aromatic heterocycles. The molecule has 0 bridgehead atoms. The van der Waals surface area contributed by atoms with Gasteiger partial charge in [-0.15, -0.1) is 0 Å². The number of hydrogen-bond acceptors (Lipinski definition) is 7. The van der Waals surface area contributed by atoms with Crippen LogP contribution < -0.4 is 0 Å². The Morgan fingerprint density at radius 1 is 1.42 bits per heavy atom. The molecule has 1 aliphatic heterocycles. The largest absolute Gasteiger partial charge is 0.480 e. The first-order valence-electron chi connectivity index (χ1n) is 7.71. The van der Waals surface area contributed by atoms with Gasteiger partial charge in [-0.1, -0.05) is 36.1 Å². The van der Waals surface area contributed by atoms with Crippen LogP contribution in [0.25, 0.3) is 17.1 Å². The number of nitrogens with zero attached hydrogens (tertiary/aromatic N) is 3. The molecule has 26 heavy (non-hydrogen) atoms. The highest BCUT2D eigenvalue weighted by molar-refractivity contribution is 8.26. The summed E-state index contributed by atoms with van der Waals surface area (Å²) in [5, 5.41) is 9.50. The first kappa shape index (κ1) is 18.8. The van der Waals surface area contributed by atoms with E-state index in [4.69, 9.17) is 12.2 Å². The molecule has 1 aliphatic rings. The topological polar surface area (TPSA) is 83.4 Å². The molecule has 0 radical (unpaired) electrons. The second-order valence-electron chi connectivity index (χ2n) is 5.46. The van der Waals surface area contributed by atoms with Crippen LogP contribution in [0.1, 0.15) is 12.0 Å². The van der Waals surface area contributed by atoms with E-state index in [0.29, 0.717) is 22.6 Å². The number of benzene rings is 1. The fourth-order valence-electron chi connectivity index (χ4n) is 2.61. The van der Waals surface area contributed by atoms with E-state index in [1.54, 1.807) is 18.5 Å². The average Bonchev–Trinajstić information content (AvgIpc) is 2.90. The maximum atomic E-state index is 12.8. The second kappa shape index (κ2) is 8.15. The van der Waals surface area contributed by atoms with E-state index in [2.05, 4.69) is 9.97 Å². The van der Waals surface area contributed by atoms with E-state index in [1.807, 2.05) is 24.5 Å². The monoisotopic (exact) mass is 405 g/mol. The molecule has 1 atom stereocenters. The van der Waals surface area contributed by atoms with Crippen LogP contribution in [0.2, 0.25) is 0 Å². The molecule has 9 heteroatoms. The van der Waals surface area contributed by atoms with Crippen molar-refractivity contribution in [3.8, 4) is 0 Å². The first-order chi connectivity index (χ1) is 12.5. The molecule has 3 rings (SSSR count). The molecule has 6 nitrogen and oxygen atoms in total. The Morgan fingerprint density at radius 2 is 2.19 bits per heavy atom. The van der Waals surface area contributed by atoms with E-state index < -0.39 is 12.0 Å². The number of para-hydroxylation sites is 1. The van der Waals surface area contributed by atoms with Gasteiger partial charge in [-0.3, -0.25) is 19.7 Å². The van der Waals surface area contributed by atoms with Gasteiger partial charge in [0, 0.05) is 18.0 Å². The Morgan fingerprint density at radius 3 is 2.92 bits per heavy atom. The Balaban J connectivity index is 1.95. The normalized spacial score (nSPS) is 17.3. The maximum absolute atomic E-state index is 12.8. The molecule has 1 saturated heterocycles.